The van der Waals surface area contributed by atoms with Crippen molar-refractivity contribution in [1.29, 1.82) is 0 Å². The summed E-state index contributed by atoms with van der Waals surface area (Å²) in [6, 6.07) is 0.228. The van der Waals surface area contributed by atoms with Gasteiger partial charge >= 0.3 is 24.8 Å². The summed E-state index contributed by atoms with van der Waals surface area (Å²) in [5.74, 6) is -0.669. The quantitative estimate of drug-likeness (QED) is 0.610. The topological polar surface area (TPSA) is 49.8 Å². The molecule has 2 aliphatic heterocycles. The van der Waals surface area contributed by atoms with Crippen LogP contribution in [0, 0.1) is 0 Å². The minimum atomic E-state index is -0.669. The van der Waals surface area contributed by atoms with E-state index in [-0.39, 0.29) is 24.9 Å². The third kappa shape index (κ3) is 2.32. The van der Waals surface area contributed by atoms with Gasteiger partial charge in [-0.25, -0.2) is 0 Å². The van der Waals surface area contributed by atoms with E-state index in [9.17, 15) is 4.79 Å². The number of aliphatic carboxylic acids is 1. The third-order valence-electron chi connectivity index (χ3n) is 3.01. The molecule has 2 aliphatic rings. The maximum atomic E-state index is 10.8. The predicted molar refractivity (Wildman–Crippen MR) is 53.7 cm³/mol. The van der Waals surface area contributed by atoms with Crippen LogP contribution in [0.2, 0.25) is 0 Å². The SMILES string of the molecule is O=C(O)C1CCN1C1CCOCC1.[LiH]. The van der Waals surface area contributed by atoms with Gasteiger partial charge in [0, 0.05) is 25.8 Å². The molecule has 0 radical (unpaired) electrons. The van der Waals surface area contributed by atoms with Crippen LogP contribution < -0.4 is 0 Å². The number of nitrogens with zero attached hydrogens (tertiary/aromatic N) is 1. The first-order chi connectivity index (χ1) is 6.29. The average Bonchev–Trinajstić information content (AvgIpc) is 2.02. The summed E-state index contributed by atoms with van der Waals surface area (Å²) in [5, 5.41) is 8.86. The van der Waals surface area contributed by atoms with E-state index < -0.39 is 5.97 Å². The molecule has 5 heteroatoms. The first kappa shape index (κ1) is 12.1. The van der Waals surface area contributed by atoms with Crippen molar-refractivity contribution in [3.05, 3.63) is 0 Å². The number of ether oxygens (including phenoxy) is 1. The predicted octanol–water partition coefficient (Wildman–Crippen LogP) is -0.324. The van der Waals surface area contributed by atoms with E-state index in [0.29, 0.717) is 6.04 Å². The van der Waals surface area contributed by atoms with Crippen LogP contribution in [0.25, 0.3) is 0 Å². The van der Waals surface area contributed by atoms with Crippen LogP contribution in [-0.4, -0.2) is 66.7 Å². The second-order valence-corrected chi connectivity index (χ2v) is 3.72. The third-order valence-corrected chi connectivity index (χ3v) is 3.01. The fourth-order valence-electron chi connectivity index (χ4n) is 2.13. The summed E-state index contributed by atoms with van der Waals surface area (Å²) in [7, 11) is 0. The second-order valence-electron chi connectivity index (χ2n) is 3.72. The van der Waals surface area contributed by atoms with Gasteiger partial charge in [-0.15, -0.1) is 0 Å². The molecule has 1 N–H and O–H groups in total. The van der Waals surface area contributed by atoms with E-state index in [2.05, 4.69) is 4.90 Å². The summed E-state index contributed by atoms with van der Waals surface area (Å²) in [6.45, 7) is 2.52. The first-order valence-corrected chi connectivity index (χ1v) is 4.85. The molecule has 2 heterocycles. The van der Waals surface area contributed by atoms with Gasteiger partial charge in [-0.1, -0.05) is 0 Å². The van der Waals surface area contributed by atoms with Gasteiger partial charge in [0.1, 0.15) is 6.04 Å². The van der Waals surface area contributed by atoms with Crippen LogP contribution in [0.3, 0.4) is 0 Å². The van der Waals surface area contributed by atoms with Crippen LogP contribution in [0.4, 0.5) is 0 Å². The number of carboxylic acids is 1. The molecule has 0 aromatic carbocycles. The Morgan fingerprint density at radius 2 is 1.93 bits per heavy atom. The van der Waals surface area contributed by atoms with Crippen molar-refractivity contribution in [3.63, 3.8) is 0 Å². The van der Waals surface area contributed by atoms with Gasteiger partial charge in [0.25, 0.3) is 0 Å². The Labute approximate surface area is 95.8 Å². The molecule has 0 bridgehead atoms. The van der Waals surface area contributed by atoms with E-state index in [1.807, 2.05) is 0 Å². The molecule has 0 saturated carbocycles. The Morgan fingerprint density at radius 1 is 1.29 bits per heavy atom. The van der Waals surface area contributed by atoms with Crippen molar-refractivity contribution in [1.82, 2.24) is 4.90 Å². The van der Waals surface area contributed by atoms with Gasteiger partial charge in [-0.3, -0.25) is 9.69 Å². The standard InChI is InChI=1S/C9H15NO3.Li.H/c11-9(12)8-1-4-10(8)7-2-5-13-6-3-7;;/h7-8H,1-6H2,(H,11,12);;. The van der Waals surface area contributed by atoms with E-state index in [0.717, 1.165) is 39.0 Å². The molecule has 2 rings (SSSR count). The van der Waals surface area contributed by atoms with Crippen molar-refractivity contribution in [2.24, 2.45) is 0 Å². The Morgan fingerprint density at radius 3 is 2.36 bits per heavy atom. The van der Waals surface area contributed by atoms with Crippen molar-refractivity contribution >= 4 is 24.8 Å². The molecule has 76 valence electrons. The average molecular weight is 193 g/mol. The molecule has 0 spiro atoms. The fourth-order valence-corrected chi connectivity index (χ4v) is 2.13. The molecular weight excluding hydrogens is 177 g/mol. The molecule has 0 aromatic heterocycles. The maximum absolute atomic E-state index is 10.8. The number of carboxylic acid groups (broad SMARTS) is 1. The zero-order valence-corrected chi connectivity index (χ0v) is 7.61. The number of likely N-dealkylation sites (tertiary alicyclic amines) is 1. The van der Waals surface area contributed by atoms with Crippen molar-refractivity contribution in [2.45, 2.75) is 31.3 Å². The first-order valence-electron chi connectivity index (χ1n) is 4.85. The van der Waals surface area contributed by atoms with Gasteiger partial charge in [-0.2, -0.15) is 0 Å². The monoisotopic (exact) mass is 193 g/mol. The van der Waals surface area contributed by atoms with Crippen LogP contribution in [0.15, 0.2) is 0 Å². The normalized spacial score (nSPS) is 29.0. The zero-order valence-electron chi connectivity index (χ0n) is 7.61. The minimum absolute atomic E-state index is 0. The van der Waals surface area contributed by atoms with Crippen molar-refractivity contribution < 1.29 is 14.6 Å². The molecule has 0 aliphatic carbocycles. The molecule has 14 heavy (non-hydrogen) atoms. The van der Waals surface area contributed by atoms with Gasteiger partial charge < -0.3 is 9.84 Å². The molecule has 0 amide bonds. The van der Waals surface area contributed by atoms with Crippen LogP contribution in [0.1, 0.15) is 19.3 Å². The number of hydrogen-bond donors (Lipinski definition) is 1. The molecule has 2 saturated heterocycles. The molecule has 4 nitrogen and oxygen atoms in total. The fraction of sp³-hybridized carbons (Fsp3) is 0.889. The molecular formula is C9H16LiNO3. The molecule has 1 unspecified atom stereocenters. The Kier molecular flexibility index (Phi) is 4.46. The van der Waals surface area contributed by atoms with E-state index in [4.69, 9.17) is 9.84 Å². The Hall–Kier alpha value is -0.0126. The zero-order chi connectivity index (χ0) is 9.26. The Bertz CT molecular complexity index is 206. The van der Waals surface area contributed by atoms with E-state index in [1.165, 1.54) is 0 Å². The van der Waals surface area contributed by atoms with Gasteiger partial charge in [0.15, 0.2) is 0 Å². The number of hydrogen-bond acceptors (Lipinski definition) is 3. The van der Waals surface area contributed by atoms with Crippen molar-refractivity contribution in [3.8, 4) is 0 Å². The summed E-state index contributed by atoms with van der Waals surface area (Å²) in [6.07, 6.45) is 2.79. The van der Waals surface area contributed by atoms with E-state index >= 15 is 0 Å². The summed E-state index contributed by atoms with van der Waals surface area (Å²) < 4.78 is 5.24. The van der Waals surface area contributed by atoms with Crippen LogP contribution >= 0.6 is 0 Å². The molecule has 1 atom stereocenters. The summed E-state index contributed by atoms with van der Waals surface area (Å²) in [4.78, 5) is 12.9. The van der Waals surface area contributed by atoms with Gasteiger partial charge in [-0.05, 0) is 19.3 Å². The molecule has 0 aromatic rings. The van der Waals surface area contributed by atoms with Crippen molar-refractivity contribution in [2.75, 3.05) is 19.8 Å². The van der Waals surface area contributed by atoms with Crippen LogP contribution in [0.5, 0.6) is 0 Å². The van der Waals surface area contributed by atoms with Crippen LogP contribution in [-0.2, 0) is 9.53 Å². The van der Waals surface area contributed by atoms with E-state index in [1.54, 1.807) is 0 Å². The summed E-state index contributed by atoms with van der Waals surface area (Å²) >= 11 is 0. The number of carbonyl (C=O) groups is 1. The molecule has 2 fully saturated rings. The van der Waals surface area contributed by atoms with Gasteiger partial charge in [0.05, 0.1) is 0 Å². The van der Waals surface area contributed by atoms with Gasteiger partial charge in [0.2, 0.25) is 0 Å². The Balaban J connectivity index is 0.000000980. The summed E-state index contributed by atoms with van der Waals surface area (Å²) in [5.41, 5.74) is 0. The second kappa shape index (κ2) is 5.18. The number of rotatable bonds is 2.